The molecule has 4 nitrogen and oxygen atoms in total. The minimum absolute atomic E-state index is 0.295. The van der Waals surface area contributed by atoms with E-state index in [2.05, 4.69) is 10.1 Å². The van der Waals surface area contributed by atoms with Gasteiger partial charge in [0.25, 0.3) is 5.91 Å². The molecule has 0 aliphatic carbocycles. The van der Waals surface area contributed by atoms with Gasteiger partial charge in [-0.05, 0) is 35.9 Å². The Labute approximate surface area is 138 Å². The fourth-order valence-corrected chi connectivity index (χ4v) is 2.16. The zero-order chi connectivity index (χ0) is 16.1. The lowest BCUT2D eigenvalue weighted by molar-refractivity contribution is 0.0600. The molecule has 114 valence electrons. The molecule has 0 aromatic heterocycles. The first-order chi connectivity index (χ1) is 10.5. The highest BCUT2D eigenvalue weighted by Crippen LogP contribution is 2.22. The standard InChI is InChI=1S/C16H13Cl2NO3/c1-22-16(21)12-4-2-3-11(8-12)15(20)19-9-10-5-6-13(17)14(18)7-10/h2-8H,9H2,1H3,(H,19,20). The van der Waals surface area contributed by atoms with Gasteiger partial charge in [0.15, 0.2) is 0 Å². The molecule has 0 fully saturated rings. The molecule has 0 saturated carbocycles. The van der Waals surface area contributed by atoms with Crippen LogP contribution in [0.25, 0.3) is 0 Å². The maximum Gasteiger partial charge on any atom is 0.337 e. The molecule has 2 aromatic rings. The van der Waals surface area contributed by atoms with Crippen molar-refractivity contribution in [2.75, 3.05) is 7.11 Å². The number of esters is 1. The second kappa shape index (κ2) is 7.29. The van der Waals surface area contributed by atoms with Crippen molar-refractivity contribution in [3.05, 3.63) is 69.2 Å². The topological polar surface area (TPSA) is 55.4 Å². The van der Waals surface area contributed by atoms with Crippen LogP contribution in [0.1, 0.15) is 26.3 Å². The Morgan fingerprint density at radius 2 is 1.77 bits per heavy atom. The number of hydrogen-bond acceptors (Lipinski definition) is 3. The van der Waals surface area contributed by atoms with Crippen molar-refractivity contribution in [2.24, 2.45) is 0 Å². The third-order valence-corrected chi connectivity index (χ3v) is 3.72. The summed E-state index contributed by atoms with van der Waals surface area (Å²) >= 11 is 11.8. The highest BCUT2D eigenvalue weighted by atomic mass is 35.5. The maximum atomic E-state index is 12.1. The zero-order valence-corrected chi connectivity index (χ0v) is 13.2. The maximum absolute atomic E-state index is 12.1. The van der Waals surface area contributed by atoms with Gasteiger partial charge in [-0.25, -0.2) is 4.79 Å². The normalized spacial score (nSPS) is 10.1. The van der Waals surface area contributed by atoms with Crippen LogP contribution in [0.15, 0.2) is 42.5 Å². The van der Waals surface area contributed by atoms with E-state index < -0.39 is 5.97 Å². The number of hydrogen-bond donors (Lipinski definition) is 1. The third kappa shape index (κ3) is 4.00. The Morgan fingerprint density at radius 3 is 2.45 bits per heavy atom. The first kappa shape index (κ1) is 16.3. The van der Waals surface area contributed by atoms with Gasteiger partial charge in [-0.3, -0.25) is 4.79 Å². The lowest BCUT2D eigenvalue weighted by Gasteiger charge is -2.07. The Kier molecular flexibility index (Phi) is 5.41. The number of benzene rings is 2. The monoisotopic (exact) mass is 337 g/mol. The lowest BCUT2D eigenvalue weighted by Crippen LogP contribution is -2.23. The number of nitrogens with one attached hydrogen (secondary N) is 1. The smallest absolute Gasteiger partial charge is 0.337 e. The first-order valence-electron chi connectivity index (χ1n) is 6.42. The van der Waals surface area contributed by atoms with Crippen LogP contribution in [-0.2, 0) is 11.3 Å². The van der Waals surface area contributed by atoms with Crippen LogP contribution < -0.4 is 5.32 Å². The van der Waals surface area contributed by atoms with E-state index in [1.165, 1.54) is 13.2 Å². The molecule has 0 aliphatic rings. The molecule has 6 heteroatoms. The molecule has 2 aromatic carbocycles. The quantitative estimate of drug-likeness (QED) is 0.865. The minimum atomic E-state index is -0.487. The van der Waals surface area contributed by atoms with E-state index in [9.17, 15) is 9.59 Å². The second-order valence-electron chi connectivity index (χ2n) is 4.50. The average molecular weight is 338 g/mol. The molecule has 0 spiro atoms. The van der Waals surface area contributed by atoms with Gasteiger partial charge in [0.2, 0.25) is 0 Å². The van der Waals surface area contributed by atoms with E-state index >= 15 is 0 Å². The van der Waals surface area contributed by atoms with E-state index in [0.717, 1.165) is 5.56 Å². The van der Waals surface area contributed by atoms with Crippen LogP contribution in [-0.4, -0.2) is 19.0 Å². The van der Waals surface area contributed by atoms with Crippen molar-refractivity contribution < 1.29 is 14.3 Å². The zero-order valence-electron chi connectivity index (χ0n) is 11.7. The molecule has 0 radical (unpaired) electrons. The number of halogens is 2. The molecule has 1 amide bonds. The summed E-state index contributed by atoms with van der Waals surface area (Å²) in [6, 6.07) is 11.5. The highest BCUT2D eigenvalue weighted by molar-refractivity contribution is 6.42. The highest BCUT2D eigenvalue weighted by Gasteiger charge is 2.10. The first-order valence-corrected chi connectivity index (χ1v) is 7.17. The fourth-order valence-electron chi connectivity index (χ4n) is 1.84. The Balaban J connectivity index is 2.06. The van der Waals surface area contributed by atoms with Crippen molar-refractivity contribution in [2.45, 2.75) is 6.54 Å². The summed E-state index contributed by atoms with van der Waals surface area (Å²) in [5.74, 6) is -0.782. The molecular formula is C16H13Cl2NO3. The van der Waals surface area contributed by atoms with Gasteiger partial charge in [-0.1, -0.05) is 35.3 Å². The minimum Gasteiger partial charge on any atom is -0.465 e. The predicted molar refractivity (Wildman–Crippen MR) is 85.4 cm³/mol. The number of amides is 1. The van der Waals surface area contributed by atoms with Gasteiger partial charge < -0.3 is 10.1 Å². The third-order valence-electron chi connectivity index (χ3n) is 2.98. The molecule has 0 unspecified atom stereocenters. The van der Waals surface area contributed by atoms with E-state index in [0.29, 0.717) is 27.7 Å². The lowest BCUT2D eigenvalue weighted by atomic mass is 10.1. The average Bonchev–Trinajstić information content (AvgIpc) is 2.55. The summed E-state index contributed by atoms with van der Waals surface area (Å²) in [6.45, 7) is 0.304. The van der Waals surface area contributed by atoms with Crippen LogP contribution in [0.4, 0.5) is 0 Å². The van der Waals surface area contributed by atoms with Gasteiger partial charge in [0.05, 0.1) is 22.7 Å². The van der Waals surface area contributed by atoms with Crippen molar-refractivity contribution >= 4 is 35.1 Å². The summed E-state index contributed by atoms with van der Waals surface area (Å²) in [5, 5.41) is 3.65. The van der Waals surface area contributed by atoms with Crippen LogP contribution in [0.3, 0.4) is 0 Å². The molecule has 22 heavy (non-hydrogen) atoms. The Morgan fingerprint density at radius 1 is 1.05 bits per heavy atom. The van der Waals surface area contributed by atoms with Crippen LogP contribution in [0.5, 0.6) is 0 Å². The number of ether oxygens (including phenoxy) is 1. The summed E-state index contributed by atoms with van der Waals surface area (Å²) < 4.78 is 4.63. The van der Waals surface area contributed by atoms with Crippen molar-refractivity contribution in [1.29, 1.82) is 0 Å². The van der Waals surface area contributed by atoms with Crippen molar-refractivity contribution in [1.82, 2.24) is 5.32 Å². The number of methoxy groups -OCH3 is 1. The Hall–Kier alpha value is -2.04. The van der Waals surface area contributed by atoms with Crippen LogP contribution in [0, 0.1) is 0 Å². The predicted octanol–water partition coefficient (Wildman–Crippen LogP) is 3.71. The van der Waals surface area contributed by atoms with Gasteiger partial charge in [-0.2, -0.15) is 0 Å². The van der Waals surface area contributed by atoms with Crippen LogP contribution >= 0.6 is 23.2 Å². The largest absolute Gasteiger partial charge is 0.465 e. The molecule has 0 atom stereocenters. The molecule has 2 rings (SSSR count). The van der Waals surface area contributed by atoms with Crippen molar-refractivity contribution in [3.8, 4) is 0 Å². The molecule has 0 saturated heterocycles. The summed E-state index contributed by atoms with van der Waals surface area (Å²) in [7, 11) is 1.29. The molecule has 0 heterocycles. The number of carbonyl (C=O) groups is 2. The molecule has 0 aliphatic heterocycles. The SMILES string of the molecule is COC(=O)c1cccc(C(=O)NCc2ccc(Cl)c(Cl)c2)c1. The molecular weight excluding hydrogens is 325 g/mol. The van der Waals surface area contributed by atoms with E-state index in [4.69, 9.17) is 23.2 Å². The summed E-state index contributed by atoms with van der Waals surface area (Å²) in [5.41, 5.74) is 1.53. The van der Waals surface area contributed by atoms with E-state index in [1.54, 1.807) is 36.4 Å². The number of rotatable bonds is 4. The van der Waals surface area contributed by atoms with Gasteiger partial charge in [0, 0.05) is 12.1 Å². The van der Waals surface area contributed by atoms with E-state index in [-0.39, 0.29) is 5.91 Å². The number of carbonyl (C=O) groups excluding carboxylic acids is 2. The molecule has 0 bridgehead atoms. The van der Waals surface area contributed by atoms with Crippen molar-refractivity contribution in [3.63, 3.8) is 0 Å². The van der Waals surface area contributed by atoms with Crippen LogP contribution in [0.2, 0.25) is 10.0 Å². The van der Waals surface area contributed by atoms with E-state index in [1.807, 2.05) is 0 Å². The summed E-state index contributed by atoms with van der Waals surface area (Å²) in [4.78, 5) is 23.6. The second-order valence-corrected chi connectivity index (χ2v) is 5.32. The van der Waals surface area contributed by atoms with Gasteiger partial charge >= 0.3 is 5.97 Å². The fraction of sp³-hybridized carbons (Fsp3) is 0.125. The summed E-state index contributed by atoms with van der Waals surface area (Å²) in [6.07, 6.45) is 0. The molecule has 1 N–H and O–H groups in total. The Bertz CT molecular complexity index is 716. The van der Waals surface area contributed by atoms with Gasteiger partial charge in [-0.15, -0.1) is 0 Å². The van der Waals surface area contributed by atoms with Gasteiger partial charge in [0.1, 0.15) is 0 Å².